The zero-order chi connectivity index (χ0) is 13.7. The average Bonchev–Trinajstić information content (AvgIpc) is 2.45. The molecule has 0 saturated heterocycles. The molecule has 1 saturated carbocycles. The van der Waals surface area contributed by atoms with Crippen LogP contribution in [0.2, 0.25) is 0 Å². The van der Waals surface area contributed by atoms with Gasteiger partial charge in [0.1, 0.15) is 6.61 Å². The van der Waals surface area contributed by atoms with Crippen molar-refractivity contribution in [3.8, 4) is 0 Å². The molecular formula is C15H20BrNO2. The van der Waals surface area contributed by atoms with E-state index in [2.05, 4.69) is 15.9 Å². The molecule has 0 spiro atoms. The summed E-state index contributed by atoms with van der Waals surface area (Å²) in [5, 5.41) is 0. The Hall–Kier alpha value is -0.870. The lowest BCUT2D eigenvalue weighted by molar-refractivity contribution is -0.151. The SMILES string of the molecule is NCC1CCC(C(=O)OCc2cccc(Br)c2)CC1. The lowest BCUT2D eigenvalue weighted by Gasteiger charge is -2.26. The van der Waals surface area contributed by atoms with Crippen molar-refractivity contribution in [2.24, 2.45) is 17.6 Å². The molecule has 1 aliphatic rings. The van der Waals surface area contributed by atoms with Gasteiger partial charge in [-0.1, -0.05) is 28.1 Å². The van der Waals surface area contributed by atoms with Gasteiger partial charge in [0.15, 0.2) is 0 Å². The maximum absolute atomic E-state index is 12.0. The van der Waals surface area contributed by atoms with Gasteiger partial charge in [0, 0.05) is 4.47 Å². The van der Waals surface area contributed by atoms with Crippen LogP contribution < -0.4 is 5.73 Å². The average molecular weight is 326 g/mol. The molecule has 0 bridgehead atoms. The van der Waals surface area contributed by atoms with Gasteiger partial charge >= 0.3 is 5.97 Å². The monoisotopic (exact) mass is 325 g/mol. The molecule has 0 heterocycles. The Morgan fingerprint density at radius 3 is 2.68 bits per heavy atom. The Bertz CT molecular complexity index is 428. The van der Waals surface area contributed by atoms with Gasteiger partial charge in [-0.3, -0.25) is 4.79 Å². The van der Waals surface area contributed by atoms with E-state index < -0.39 is 0 Å². The van der Waals surface area contributed by atoms with Crippen LogP contribution in [0, 0.1) is 11.8 Å². The van der Waals surface area contributed by atoms with Gasteiger partial charge in [0.05, 0.1) is 5.92 Å². The van der Waals surface area contributed by atoms with Crippen molar-refractivity contribution in [3.05, 3.63) is 34.3 Å². The summed E-state index contributed by atoms with van der Waals surface area (Å²) >= 11 is 3.41. The molecule has 2 N–H and O–H groups in total. The maximum Gasteiger partial charge on any atom is 0.309 e. The van der Waals surface area contributed by atoms with Gasteiger partial charge < -0.3 is 10.5 Å². The summed E-state index contributed by atoms with van der Waals surface area (Å²) in [6.45, 7) is 1.09. The van der Waals surface area contributed by atoms with E-state index in [-0.39, 0.29) is 11.9 Å². The van der Waals surface area contributed by atoms with Gasteiger partial charge in [-0.2, -0.15) is 0 Å². The molecule has 0 unspecified atom stereocenters. The molecule has 0 aromatic heterocycles. The van der Waals surface area contributed by atoms with Gasteiger partial charge in [0.25, 0.3) is 0 Å². The number of esters is 1. The molecule has 1 aliphatic carbocycles. The van der Waals surface area contributed by atoms with Gasteiger partial charge in [-0.05, 0) is 55.8 Å². The number of ether oxygens (including phenoxy) is 1. The molecule has 104 valence electrons. The first-order chi connectivity index (χ1) is 9.19. The normalized spacial score (nSPS) is 23.1. The lowest BCUT2D eigenvalue weighted by atomic mass is 9.82. The quantitative estimate of drug-likeness (QED) is 0.864. The van der Waals surface area contributed by atoms with Crippen molar-refractivity contribution in [3.63, 3.8) is 0 Å². The minimum Gasteiger partial charge on any atom is -0.461 e. The molecule has 4 heteroatoms. The molecule has 1 fully saturated rings. The Morgan fingerprint density at radius 1 is 1.32 bits per heavy atom. The van der Waals surface area contributed by atoms with Crippen LogP contribution in [0.25, 0.3) is 0 Å². The molecule has 3 nitrogen and oxygen atoms in total. The van der Waals surface area contributed by atoms with Crippen molar-refractivity contribution in [1.29, 1.82) is 0 Å². The smallest absolute Gasteiger partial charge is 0.309 e. The van der Waals surface area contributed by atoms with E-state index in [4.69, 9.17) is 10.5 Å². The molecule has 1 aromatic carbocycles. The largest absolute Gasteiger partial charge is 0.461 e. The van der Waals surface area contributed by atoms with Crippen LogP contribution in [0.1, 0.15) is 31.2 Å². The second kappa shape index (κ2) is 7.06. The van der Waals surface area contributed by atoms with Crippen LogP contribution in [0.4, 0.5) is 0 Å². The summed E-state index contributed by atoms with van der Waals surface area (Å²) in [5.41, 5.74) is 6.67. The molecule has 0 amide bonds. The van der Waals surface area contributed by atoms with Crippen LogP contribution in [0.15, 0.2) is 28.7 Å². The van der Waals surface area contributed by atoms with E-state index >= 15 is 0 Å². The highest BCUT2D eigenvalue weighted by Gasteiger charge is 2.26. The van der Waals surface area contributed by atoms with Crippen molar-refractivity contribution >= 4 is 21.9 Å². The number of halogens is 1. The zero-order valence-electron chi connectivity index (χ0n) is 11.0. The first-order valence-electron chi connectivity index (χ1n) is 6.80. The molecule has 0 radical (unpaired) electrons. The summed E-state index contributed by atoms with van der Waals surface area (Å²) in [6.07, 6.45) is 3.93. The minimum atomic E-state index is -0.0598. The van der Waals surface area contributed by atoms with E-state index in [9.17, 15) is 4.79 Å². The number of nitrogens with two attached hydrogens (primary N) is 1. The summed E-state index contributed by atoms with van der Waals surface area (Å²) < 4.78 is 6.40. The summed E-state index contributed by atoms with van der Waals surface area (Å²) in [4.78, 5) is 12.0. The topological polar surface area (TPSA) is 52.3 Å². The minimum absolute atomic E-state index is 0.0598. The summed E-state index contributed by atoms with van der Waals surface area (Å²) in [6, 6.07) is 7.83. The van der Waals surface area contributed by atoms with Crippen LogP contribution in [-0.2, 0) is 16.1 Å². The molecule has 19 heavy (non-hydrogen) atoms. The fraction of sp³-hybridized carbons (Fsp3) is 0.533. The Morgan fingerprint density at radius 2 is 2.05 bits per heavy atom. The van der Waals surface area contributed by atoms with E-state index in [1.165, 1.54) is 0 Å². The van der Waals surface area contributed by atoms with Crippen LogP contribution in [-0.4, -0.2) is 12.5 Å². The van der Waals surface area contributed by atoms with Crippen molar-refractivity contribution in [1.82, 2.24) is 0 Å². The fourth-order valence-electron chi connectivity index (χ4n) is 2.53. The Kier molecular flexibility index (Phi) is 5.40. The number of rotatable bonds is 4. The maximum atomic E-state index is 12.0. The molecule has 0 aliphatic heterocycles. The van der Waals surface area contributed by atoms with Gasteiger partial charge in [-0.25, -0.2) is 0 Å². The Labute approximate surface area is 122 Å². The fourth-order valence-corrected chi connectivity index (χ4v) is 2.98. The molecule has 0 atom stereocenters. The highest BCUT2D eigenvalue weighted by Crippen LogP contribution is 2.29. The number of hydrogen-bond acceptors (Lipinski definition) is 3. The zero-order valence-corrected chi connectivity index (χ0v) is 12.6. The third-order valence-electron chi connectivity index (χ3n) is 3.78. The summed E-state index contributed by atoms with van der Waals surface area (Å²) in [7, 11) is 0. The molecular weight excluding hydrogens is 306 g/mol. The van der Waals surface area contributed by atoms with E-state index in [0.717, 1.165) is 42.3 Å². The first-order valence-corrected chi connectivity index (χ1v) is 7.59. The van der Waals surface area contributed by atoms with Crippen molar-refractivity contribution < 1.29 is 9.53 Å². The standard InChI is InChI=1S/C15H20BrNO2/c16-14-3-1-2-12(8-14)10-19-15(18)13-6-4-11(9-17)5-7-13/h1-3,8,11,13H,4-7,9-10,17H2. The number of carbonyl (C=O) groups is 1. The molecule has 2 rings (SSSR count). The highest BCUT2D eigenvalue weighted by atomic mass is 79.9. The molecule has 1 aromatic rings. The van der Waals surface area contributed by atoms with E-state index in [0.29, 0.717) is 12.5 Å². The lowest BCUT2D eigenvalue weighted by Crippen LogP contribution is -2.26. The predicted molar refractivity (Wildman–Crippen MR) is 78.4 cm³/mol. The number of benzene rings is 1. The van der Waals surface area contributed by atoms with Crippen molar-refractivity contribution in [2.75, 3.05) is 6.54 Å². The van der Waals surface area contributed by atoms with Gasteiger partial charge in [-0.15, -0.1) is 0 Å². The van der Waals surface area contributed by atoms with Crippen LogP contribution >= 0.6 is 15.9 Å². The predicted octanol–water partition coefficient (Wildman–Crippen LogP) is 3.26. The third kappa shape index (κ3) is 4.32. The van der Waals surface area contributed by atoms with E-state index in [1.54, 1.807) is 0 Å². The second-order valence-electron chi connectivity index (χ2n) is 5.19. The van der Waals surface area contributed by atoms with Crippen LogP contribution in [0.3, 0.4) is 0 Å². The van der Waals surface area contributed by atoms with Crippen LogP contribution in [0.5, 0.6) is 0 Å². The third-order valence-corrected chi connectivity index (χ3v) is 4.28. The second-order valence-corrected chi connectivity index (χ2v) is 6.11. The van der Waals surface area contributed by atoms with Gasteiger partial charge in [0.2, 0.25) is 0 Å². The first kappa shape index (κ1) is 14.5. The van der Waals surface area contributed by atoms with E-state index in [1.807, 2.05) is 24.3 Å². The highest BCUT2D eigenvalue weighted by molar-refractivity contribution is 9.10. The Balaban J connectivity index is 1.79. The van der Waals surface area contributed by atoms with Crippen molar-refractivity contribution in [2.45, 2.75) is 32.3 Å². The number of carbonyl (C=O) groups excluding carboxylic acids is 1. The summed E-state index contributed by atoms with van der Waals surface area (Å²) in [5.74, 6) is 0.597. The number of hydrogen-bond donors (Lipinski definition) is 1.